The van der Waals surface area contributed by atoms with Gasteiger partial charge in [0.2, 0.25) is 10.0 Å². The fourth-order valence-electron chi connectivity index (χ4n) is 5.66. The van der Waals surface area contributed by atoms with Gasteiger partial charge in [-0.05, 0) is 19.3 Å². The molecule has 1 aromatic rings. The first-order chi connectivity index (χ1) is 14.0. The number of aliphatic imine (C=N–C) groups is 1. The van der Waals surface area contributed by atoms with Crippen LogP contribution in [0.2, 0.25) is 0 Å². The zero-order valence-electron chi connectivity index (χ0n) is 17.2. The molecular weight excluding hydrogens is 521 g/mol. The van der Waals surface area contributed by atoms with Crippen LogP contribution in [0.25, 0.3) is 0 Å². The summed E-state index contributed by atoms with van der Waals surface area (Å²) in [4.78, 5) is 6.70. The first-order valence-corrected chi connectivity index (χ1v) is 12.1. The Bertz CT molecular complexity index is 865. The zero-order valence-corrected chi connectivity index (χ0v) is 20.3. The molecule has 2 aliphatic carbocycles. The number of ether oxygens (including phenoxy) is 1. The summed E-state index contributed by atoms with van der Waals surface area (Å²) in [6.45, 7) is 3.03. The molecule has 1 aromatic heterocycles. The summed E-state index contributed by atoms with van der Waals surface area (Å²) in [7, 11) is -1.59. The molecule has 3 unspecified atom stereocenters. The number of aromatic nitrogens is 1. The summed E-state index contributed by atoms with van der Waals surface area (Å²) >= 11 is 0. The van der Waals surface area contributed by atoms with Crippen molar-refractivity contribution in [3.8, 4) is 0 Å². The summed E-state index contributed by atoms with van der Waals surface area (Å²) in [6.07, 6.45) is 6.69. The second-order valence-corrected chi connectivity index (χ2v) is 10.6. The molecule has 0 amide bonds. The Morgan fingerprint density at radius 3 is 2.70 bits per heavy atom. The van der Waals surface area contributed by atoms with Crippen LogP contribution in [0.4, 0.5) is 0 Å². The van der Waals surface area contributed by atoms with Crippen LogP contribution in [-0.2, 0) is 20.5 Å². The Morgan fingerprint density at radius 2 is 2.10 bits per heavy atom. The Kier molecular flexibility index (Phi) is 6.35. The second-order valence-electron chi connectivity index (χ2n) is 8.63. The van der Waals surface area contributed by atoms with Gasteiger partial charge in [-0.2, -0.15) is 4.31 Å². The van der Waals surface area contributed by atoms with E-state index in [1.165, 1.54) is 25.5 Å². The van der Waals surface area contributed by atoms with Crippen LogP contribution in [-0.4, -0.2) is 80.7 Å². The number of sulfonamides is 1. The molecule has 0 bridgehead atoms. The standard InChI is InChI=1S/C19H29N5O4S.HI/c1-20-18(21-16-15-4-11-27-17(15)19(16)5-2-6-19)23-7-9-24(10-8-23)29(25,26)13-14-3-12-28-22-14;/h3,12,15-17H,2,4-11,13H2,1H3,(H,20,21);1H. The van der Waals surface area contributed by atoms with E-state index in [1.807, 2.05) is 7.05 Å². The third-order valence-electron chi connectivity index (χ3n) is 7.29. The van der Waals surface area contributed by atoms with Crippen molar-refractivity contribution in [3.05, 3.63) is 18.0 Å². The van der Waals surface area contributed by atoms with E-state index >= 15 is 0 Å². The van der Waals surface area contributed by atoms with Gasteiger partial charge in [-0.3, -0.25) is 4.99 Å². The Hall–Kier alpha value is -0.920. The third kappa shape index (κ3) is 3.65. The van der Waals surface area contributed by atoms with Crippen LogP contribution in [0, 0.1) is 11.3 Å². The molecule has 11 heteroatoms. The largest absolute Gasteiger partial charge is 0.377 e. The molecule has 1 spiro atoms. The molecule has 4 aliphatic rings. The van der Waals surface area contributed by atoms with Crippen LogP contribution in [0.3, 0.4) is 0 Å². The predicted octanol–water partition coefficient (Wildman–Crippen LogP) is 1.27. The van der Waals surface area contributed by atoms with E-state index in [0.29, 0.717) is 55.4 Å². The molecule has 2 saturated carbocycles. The maximum absolute atomic E-state index is 12.7. The lowest BCUT2D eigenvalue weighted by Gasteiger charge is -2.63. The van der Waals surface area contributed by atoms with Gasteiger partial charge in [0.1, 0.15) is 12.0 Å². The van der Waals surface area contributed by atoms with Gasteiger partial charge in [0.15, 0.2) is 5.96 Å². The van der Waals surface area contributed by atoms with Crippen molar-refractivity contribution in [1.82, 2.24) is 19.7 Å². The minimum atomic E-state index is -3.40. The molecule has 1 N–H and O–H groups in total. The highest BCUT2D eigenvalue weighted by molar-refractivity contribution is 14.0. The molecule has 3 heterocycles. The fourth-order valence-corrected chi connectivity index (χ4v) is 7.09. The average molecular weight is 551 g/mol. The first-order valence-electron chi connectivity index (χ1n) is 10.5. The first kappa shape index (κ1) is 22.3. The van der Waals surface area contributed by atoms with Gasteiger partial charge in [-0.25, -0.2) is 8.42 Å². The van der Waals surface area contributed by atoms with Gasteiger partial charge < -0.3 is 19.5 Å². The van der Waals surface area contributed by atoms with Crippen molar-refractivity contribution in [2.24, 2.45) is 16.3 Å². The number of halogens is 1. The van der Waals surface area contributed by atoms with Gasteiger partial charge in [-0.15, -0.1) is 24.0 Å². The lowest BCUT2D eigenvalue weighted by atomic mass is 9.46. The van der Waals surface area contributed by atoms with E-state index in [2.05, 4.69) is 20.4 Å². The van der Waals surface area contributed by atoms with Crippen LogP contribution >= 0.6 is 24.0 Å². The highest BCUT2D eigenvalue weighted by Gasteiger charge is 2.66. The topological polar surface area (TPSA) is 100 Å². The van der Waals surface area contributed by atoms with Gasteiger partial charge in [-0.1, -0.05) is 11.6 Å². The van der Waals surface area contributed by atoms with E-state index in [9.17, 15) is 8.42 Å². The Morgan fingerprint density at radius 1 is 1.33 bits per heavy atom. The maximum Gasteiger partial charge on any atom is 0.220 e. The lowest BCUT2D eigenvalue weighted by molar-refractivity contribution is -0.171. The zero-order chi connectivity index (χ0) is 20.1. The van der Waals surface area contributed by atoms with Crippen molar-refractivity contribution in [1.29, 1.82) is 0 Å². The van der Waals surface area contributed by atoms with E-state index in [0.717, 1.165) is 19.0 Å². The smallest absolute Gasteiger partial charge is 0.220 e. The van der Waals surface area contributed by atoms with E-state index in [4.69, 9.17) is 9.26 Å². The van der Waals surface area contributed by atoms with E-state index < -0.39 is 10.0 Å². The second kappa shape index (κ2) is 8.55. The summed E-state index contributed by atoms with van der Waals surface area (Å²) in [6, 6.07) is 2.02. The van der Waals surface area contributed by atoms with Crippen molar-refractivity contribution in [3.63, 3.8) is 0 Å². The van der Waals surface area contributed by atoms with Crippen molar-refractivity contribution in [2.45, 2.75) is 43.6 Å². The SMILES string of the molecule is CN=C(NC1C2CCOC2C12CCC2)N1CCN(S(=O)(=O)Cc2ccon2)CC1.I. The normalized spacial score (nSPS) is 30.9. The molecule has 2 aliphatic heterocycles. The summed E-state index contributed by atoms with van der Waals surface area (Å²) in [5.41, 5.74) is 0.730. The summed E-state index contributed by atoms with van der Waals surface area (Å²) in [5.74, 6) is 1.35. The average Bonchev–Trinajstić information content (AvgIpc) is 3.32. The van der Waals surface area contributed by atoms with Crippen LogP contribution in [0.5, 0.6) is 0 Å². The quantitative estimate of drug-likeness (QED) is 0.342. The number of hydrogen-bond donors (Lipinski definition) is 1. The van der Waals surface area contributed by atoms with Gasteiger partial charge >= 0.3 is 0 Å². The Labute approximate surface area is 194 Å². The van der Waals surface area contributed by atoms with Crippen LogP contribution in [0.1, 0.15) is 31.4 Å². The number of fused-ring (bicyclic) bond motifs is 2. The highest BCUT2D eigenvalue weighted by Crippen LogP contribution is 2.62. The minimum Gasteiger partial charge on any atom is -0.377 e. The number of piperazine rings is 1. The number of guanidine groups is 1. The predicted molar refractivity (Wildman–Crippen MR) is 122 cm³/mol. The molecule has 2 saturated heterocycles. The van der Waals surface area contributed by atoms with E-state index in [-0.39, 0.29) is 29.7 Å². The number of rotatable bonds is 4. The Balaban J connectivity index is 0.00000218. The minimum absolute atomic E-state index is 0. The van der Waals surface area contributed by atoms with Crippen molar-refractivity contribution >= 4 is 40.0 Å². The van der Waals surface area contributed by atoms with Crippen LogP contribution < -0.4 is 5.32 Å². The van der Waals surface area contributed by atoms with Crippen molar-refractivity contribution < 1.29 is 17.7 Å². The van der Waals surface area contributed by atoms with Crippen LogP contribution in [0.15, 0.2) is 21.8 Å². The highest BCUT2D eigenvalue weighted by atomic mass is 127. The molecular formula is C19H30IN5O4S. The molecule has 0 radical (unpaired) electrons. The number of nitrogens with zero attached hydrogens (tertiary/aromatic N) is 4. The molecule has 4 fully saturated rings. The summed E-state index contributed by atoms with van der Waals surface area (Å²) in [5, 5.41) is 7.46. The maximum atomic E-state index is 12.7. The lowest BCUT2D eigenvalue weighted by Crippen LogP contribution is -2.73. The molecule has 30 heavy (non-hydrogen) atoms. The third-order valence-corrected chi connectivity index (χ3v) is 9.10. The van der Waals surface area contributed by atoms with Crippen molar-refractivity contribution in [2.75, 3.05) is 39.8 Å². The monoisotopic (exact) mass is 551 g/mol. The molecule has 3 atom stereocenters. The molecule has 0 aromatic carbocycles. The molecule has 9 nitrogen and oxygen atoms in total. The molecule has 168 valence electrons. The molecule has 5 rings (SSSR count). The number of hydrogen-bond acceptors (Lipinski definition) is 6. The van der Waals surface area contributed by atoms with E-state index in [1.54, 1.807) is 10.4 Å². The van der Waals surface area contributed by atoms with Gasteiger partial charge in [0.25, 0.3) is 0 Å². The number of nitrogens with one attached hydrogen (secondary N) is 1. The fraction of sp³-hybridized carbons (Fsp3) is 0.789. The van der Waals surface area contributed by atoms with Gasteiger partial charge in [0, 0.05) is 63.3 Å². The van der Waals surface area contributed by atoms with Gasteiger partial charge in [0.05, 0.1) is 11.8 Å². The summed E-state index contributed by atoms with van der Waals surface area (Å²) < 4.78 is 37.6.